The quantitative estimate of drug-likeness (QED) is 0.618. The molecule has 0 saturated carbocycles. The molecule has 0 unspecified atom stereocenters. The highest BCUT2D eigenvalue weighted by Crippen LogP contribution is 2.36. The summed E-state index contributed by atoms with van der Waals surface area (Å²) in [7, 11) is 0. The van der Waals surface area contributed by atoms with E-state index in [4.69, 9.17) is 9.15 Å². The summed E-state index contributed by atoms with van der Waals surface area (Å²) >= 11 is 0. The predicted molar refractivity (Wildman–Crippen MR) is 111 cm³/mol. The molecule has 1 aromatic heterocycles. The first-order valence-corrected chi connectivity index (χ1v) is 10.1. The number of nitrogens with one attached hydrogen (secondary N) is 2. The molecular formula is C23H24F2N2O3. The predicted octanol–water partition coefficient (Wildman–Crippen LogP) is 4.62. The van der Waals surface area contributed by atoms with E-state index in [2.05, 4.69) is 10.6 Å². The van der Waals surface area contributed by atoms with Crippen molar-refractivity contribution in [2.75, 3.05) is 19.7 Å². The number of halogens is 2. The maximum atomic E-state index is 14.1. The molecule has 1 amide bonds. The monoisotopic (exact) mass is 414 g/mol. The molecule has 5 nitrogen and oxygen atoms in total. The maximum Gasteiger partial charge on any atom is 0.287 e. The Bertz CT molecular complexity index is 1050. The molecule has 0 spiro atoms. The summed E-state index contributed by atoms with van der Waals surface area (Å²) in [5, 5.41) is 6.02. The molecule has 2 N–H and O–H groups in total. The fraction of sp³-hybridized carbons (Fsp3) is 0.348. The largest absolute Gasteiger partial charge is 0.493 e. The van der Waals surface area contributed by atoms with Crippen LogP contribution >= 0.6 is 0 Å². The van der Waals surface area contributed by atoms with Gasteiger partial charge in [-0.05, 0) is 18.6 Å². The summed E-state index contributed by atoms with van der Waals surface area (Å²) in [6.45, 7) is 2.87. The van der Waals surface area contributed by atoms with Gasteiger partial charge in [-0.25, -0.2) is 8.78 Å². The third-order valence-corrected chi connectivity index (χ3v) is 5.21. The number of rotatable bonds is 6. The van der Waals surface area contributed by atoms with Crippen LogP contribution < -0.4 is 15.4 Å². The Kier molecular flexibility index (Phi) is 5.72. The molecule has 1 atom stereocenters. The molecule has 1 saturated heterocycles. The lowest BCUT2D eigenvalue weighted by Crippen LogP contribution is -2.57. The third kappa shape index (κ3) is 4.03. The van der Waals surface area contributed by atoms with Crippen molar-refractivity contribution in [2.45, 2.75) is 31.7 Å². The second kappa shape index (κ2) is 8.44. The zero-order valence-corrected chi connectivity index (χ0v) is 16.7. The molecular weight excluding hydrogens is 390 g/mol. The molecule has 2 aromatic carbocycles. The Hall–Kier alpha value is -2.93. The van der Waals surface area contributed by atoms with Gasteiger partial charge in [0.25, 0.3) is 11.8 Å². The zero-order chi connectivity index (χ0) is 21.1. The van der Waals surface area contributed by atoms with Crippen LogP contribution in [0.2, 0.25) is 0 Å². The summed E-state index contributed by atoms with van der Waals surface area (Å²) in [6, 6.07) is 13.5. The van der Waals surface area contributed by atoms with Crippen LogP contribution in [0.5, 0.6) is 5.75 Å². The summed E-state index contributed by atoms with van der Waals surface area (Å²) in [6.07, 6.45) is 0.570. The smallest absolute Gasteiger partial charge is 0.287 e. The van der Waals surface area contributed by atoms with E-state index in [0.29, 0.717) is 12.2 Å². The van der Waals surface area contributed by atoms with Gasteiger partial charge in [0.05, 0.1) is 6.61 Å². The number of furan rings is 1. The molecule has 1 aliphatic heterocycles. The van der Waals surface area contributed by atoms with Crippen LogP contribution in [-0.4, -0.2) is 37.6 Å². The Morgan fingerprint density at radius 1 is 1.23 bits per heavy atom. The number of hydrogen-bond donors (Lipinski definition) is 2. The Morgan fingerprint density at radius 3 is 2.83 bits per heavy atom. The average Bonchev–Trinajstić information content (AvgIpc) is 3.18. The van der Waals surface area contributed by atoms with Crippen LogP contribution in [-0.2, 0) is 0 Å². The number of amides is 1. The van der Waals surface area contributed by atoms with Gasteiger partial charge in [0.15, 0.2) is 5.76 Å². The van der Waals surface area contributed by atoms with Crippen LogP contribution in [0.25, 0.3) is 22.1 Å². The number of ether oxygens (including phenoxy) is 1. The normalized spacial score (nSPS) is 18.3. The summed E-state index contributed by atoms with van der Waals surface area (Å²) in [5.74, 6) is -2.87. The summed E-state index contributed by atoms with van der Waals surface area (Å²) in [4.78, 5) is 12.6. The minimum Gasteiger partial charge on any atom is -0.493 e. The Labute approximate surface area is 173 Å². The number of carbonyl (C=O) groups excluding carboxylic acids is 1. The van der Waals surface area contributed by atoms with Crippen molar-refractivity contribution >= 4 is 16.9 Å². The first-order chi connectivity index (χ1) is 14.5. The molecule has 1 fully saturated rings. The van der Waals surface area contributed by atoms with Gasteiger partial charge in [-0.1, -0.05) is 43.3 Å². The number of piperidine rings is 1. The van der Waals surface area contributed by atoms with Gasteiger partial charge >= 0.3 is 0 Å². The van der Waals surface area contributed by atoms with Gasteiger partial charge in [0.1, 0.15) is 17.4 Å². The molecule has 4 rings (SSSR count). The van der Waals surface area contributed by atoms with E-state index in [1.165, 1.54) is 0 Å². The van der Waals surface area contributed by atoms with Crippen molar-refractivity contribution in [3.63, 3.8) is 0 Å². The lowest BCUT2D eigenvalue weighted by molar-refractivity contribution is -0.0544. The Morgan fingerprint density at radius 2 is 2.03 bits per heavy atom. The fourth-order valence-corrected chi connectivity index (χ4v) is 3.63. The number of alkyl halides is 2. The minimum absolute atomic E-state index is 0.00535. The number of fused-ring (bicyclic) bond motifs is 1. The molecule has 158 valence electrons. The number of para-hydroxylation sites is 2. The molecule has 3 aromatic rings. The van der Waals surface area contributed by atoms with Crippen LogP contribution in [0.4, 0.5) is 8.78 Å². The van der Waals surface area contributed by atoms with E-state index in [9.17, 15) is 13.6 Å². The highest BCUT2D eigenvalue weighted by molar-refractivity contribution is 6.00. The molecule has 0 aliphatic carbocycles. The maximum absolute atomic E-state index is 14.1. The number of hydrogen-bond acceptors (Lipinski definition) is 4. The topological polar surface area (TPSA) is 63.5 Å². The second-order valence-corrected chi connectivity index (χ2v) is 7.42. The van der Waals surface area contributed by atoms with Crippen molar-refractivity contribution in [3.05, 3.63) is 54.3 Å². The third-order valence-electron chi connectivity index (χ3n) is 5.21. The van der Waals surface area contributed by atoms with E-state index >= 15 is 0 Å². The van der Waals surface area contributed by atoms with Gasteiger partial charge in [-0.2, -0.15) is 0 Å². The van der Waals surface area contributed by atoms with Gasteiger partial charge in [0.2, 0.25) is 0 Å². The van der Waals surface area contributed by atoms with Gasteiger partial charge in [-0.3, -0.25) is 4.79 Å². The van der Waals surface area contributed by atoms with E-state index in [-0.39, 0.29) is 25.3 Å². The van der Waals surface area contributed by atoms with Crippen molar-refractivity contribution in [1.82, 2.24) is 10.6 Å². The van der Waals surface area contributed by atoms with E-state index in [0.717, 1.165) is 28.7 Å². The molecule has 0 radical (unpaired) electrons. The number of benzene rings is 2. The van der Waals surface area contributed by atoms with Crippen LogP contribution in [0.3, 0.4) is 0 Å². The SMILES string of the molecule is CCCOc1ccccc1-c1cccc2cc(C(=O)N[C@@H]3CNCCC3(F)F)oc12. The molecule has 7 heteroatoms. The lowest BCUT2D eigenvalue weighted by atomic mass is 10.0. The molecule has 1 aliphatic rings. The standard InChI is InChI=1S/C23H24F2N2O3/c1-2-12-29-18-9-4-3-7-16(18)17-8-5-6-15-13-19(30-21(15)17)22(28)27-20-14-26-11-10-23(20,24)25/h3-9,13,20,26H,2,10-12,14H2,1H3,(H,27,28)/t20-/m1/s1. The zero-order valence-electron chi connectivity index (χ0n) is 16.7. The lowest BCUT2D eigenvalue weighted by Gasteiger charge is -2.32. The fourth-order valence-electron chi connectivity index (χ4n) is 3.63. The summed E-state index contributed by atoms with van der Waals surface area (Å²) < 4.78 is 39.9. The van der Waals surface area contributed by atoms with Crippen molar-refractivity contribution in [3.8, 4) is 16.9 Å². The highest BCUT2D eigenvalue weighted by Gasteiger charge is 2.42. The second-order valence-electron chi connectivity index (χ2n) is 7.42. The van der Waals surface area contributed by atoms with Crippen LogP contribution in [0.15, 0.2) is 52.9 Å². The van der Waals surface area contributed by atoms with E-state index in [1.54, 1.807) is 6.07 Å². The van der Waals surface area contributed by atoms with Crippen LogP contribution in [0.1, 0.15) is 30.3 Å². The van der Waals surface area contributed by atoms with Gasteiger partial charge in [-0.15, -0.1) is 0 Å². The van der Waals surface area contributed by atoms with E-state index < -0.39 is 17.9 Å². The minimum atomic E-state index is -2.95. The van der Waals surface area contributed by atoms with Crippen molar-refractivity contribution < 1.29 is 22.7 Å². The Balaban J connectivity index is 1.65. The van der Waals surface area contributed by atoms with Gasteiger partial charge in [0, 0.05) is 36.0 Å². The van der Waals surface area contributed by atoms with Crippen molar-refractivity contribution in [1.29, 1.82) is 0 Å². The molecule has 2 heterocycles. The van der Waals surface area contributed by atoms with E-state index in [1.807, 2.05) is 49.4 Å². The highest BCUT2D eigenvalue weighted by atomic mass is 19.3. The van der Waals surface area contributed by atoms with Gasteiger partial charge < -0.3 is 19.8 Å². The molecule has 0 bridgehead atoms. The summed E-state index contributed by atoms with van der Waals surface area (Å²) in [5.41, 5.74) is 2.15. The molecule has 30 heavy (non-hydrogen) atoms. The average molecular weight is 414 g/mol. The van der Waals surface area contributed by atoms with Crippen molar-refractivity contribution in [2.24, 2.45) is 0 Å². The number of carbonyl (C=O) groups is 1. The first kappa shape index (κ1) is 20.3. The van der Waals surface area contributed by atoms with Crippen LogP contribution in [0, 0.1) is 0 Å². The first-order valence-electron chi connectivity index (χ1n) is 10.1.